The van der Waals surface area contributed by atoms with Gasteiger partial charge in [0.15, 0.2) is 0 Å². The second-order valence-electron chi connectivity index (χ2n) is 3.96. The van der Waals surface area contributed by atoms with E-state index in [1.54, 1.807) is 0 Å². The molecule has 2 amide bonds. The first-order chi connectivity index (χ1) is 8.79. The molecule has 0 saturated carbocycles. The lowest BCUT2D eigenvalue weighted by Gasteiger charge is -2.14. The molecule has 2 N–H and O–H groups in total. The van der Waals surface area contributed by atoms with Gasteiger partial charge in [0.2, 0.25) is 11.8 Å². The van der Waals surface area contributed by atoms with Crippen LogP contribution in [-0.4, -0.2) is 41.4 Å². The molecule has 0 bridgehead atoms. The van der Waals surface area contributed by atoms with Crippen LogP contribution in [0.25, 0.3) is 0 Å². The number of anilines is 1. The third-order valence-corrected chi connectivity index (χ3v) is 2.57. The monoisotopic (exact) mass is 284 g/mol. The maximum absolute atomic E-state index is 11.6. The van der Waals surface area contributed by atoms with Crippen LogP contribution in [0.1, 0.15) is 17.3 Å². The van der Waals surface area contributed by atoms with E-state index in [-0.39, 0.29) is 28.7 Å². The number of carboxylic acid groups (broad SMARTS) is 1. The van der Waals surface area contributed by atoms with E-state index in [1.807, 2.05) is 0 Å². The van der Waals surface area contributed by atoms with Crippen molar-refractivity contribution in [1.82, 2.24) is 4.90 Å². The Hall–Kier alpha value is -2.08. The van der Waals surface area contributed by atoms with Crippen LogP contribution < -0.4 is 5.32 Å². The molecule has 1 aromatic rings. The summed E-state index contributed by atoms with van der Waals surface area (Å²) in [5.74, 6) is -1.82. The molecule has 6 nitrogen and oxygen atoms in total. The normalized spacial score (nSPS) is 9.84. The Bertz CT molecular complexity index is 530. The predicted octanol–water partition coefficient (Wildman–Crippen LogP) is 1.45. The van der Waals surface area contributed by atoms with Gasteiger partial charge in [-0.3, -0.25) is 9.59 Å². The highest BCUT2D eigenvalue weighted by atomic mass is 35.5. The van der Waals surface area contributed by atoms with Crippen molar-refractivity contribution in [2.45, 2.75) is 6.92 Å². The molecule has 0 aliphatic carbocycles. The highest BCUT2D eigenvalue weighted by Gasteiger charge is 2.11. The van der Waals surface area contributed by atoms with Gasteiger partial charge in [-0.25, -0.2) is 4.79 Å². The molecule has 0 unspecified atom stereocenters. The summed E-state index contributed by atoms with van der Waals surface area (Å²) in [5, 5.41) is 11.5. The lowest BCUT2D eigenvalue weighted by atomic mass is 10.2. The van der Waals surface area contributed by atoms with E-state index in [4.69, 9.17) is 16.7 Å². The van der Waals surface area contributed by atoms with Crippen LogP contribution >= 0.6 is 11.6 Å². The van der Waals surface area contributed by atoms with Gasteiger partial charge in [-0.2, -0.15) is 0 Å². The number of carbonyl (C=O) groups is 3. The minimum absolute atomic E-state index is 0.0253. The lowest BCUT2D eigenvalue weighted by molar-refractivity contribution is -0.131. The smallest absolute Gasteiger partial charge is 0.335 e. The van der Waals surface area contributed by atoms with Crippen molar-refractivity contribution >= 4 is 35.1 Å². The summed E-state index contributed by atoms with van der Waals surface area (Å²) in [6.45, 7) is 1.22. The van der Waals surface area contributed by atoms with Crippen molar-refractivity contribution in [2.24, 2.45) is 0 Å². The number of amides is 2. The minimum atomic E-state index is -1.14. The Kier molecular flexibility index (Phi) is 4.88. The van der Waals surface area contributed by atoms with E-state index in [9.17, 15) is 14.4 Å². The van der Waals surface area contributed by atoms with E-state index >= 15 is 0 Å². The number of rotatable bonds is 4. The SMILES string of the molecule is CC(=O)N(C)CC(=O)Nc1cc(Cl)cc(C(=O)O)c1. The molecule has 0 aliphatic heterocycles. The van der Waals surface area contributed by atoms with Gasteiger partial charge in [0, 0.05) is 24.7 Å². The van der Waals surface area contributed by atoms with Gasteiger partial charge in [-0.15, -0.1) is 0 Å². The molecule has 0 radical (unpaired) electrons. The Labute approximate surface area is 115 Å². The minimum Gasteiger partial charge on any atom is -0.478 e. The fourth-order valence-electron chi connectivity index (χ4n) is 1.31. The number of nitrogens with zero attached hydrogens (tertiary/aromatic N) is 1. The third-order valence-electron chi connectivity index (χ3n) is 2.35. The zero-order valence-electron chi connectivity index (χ0n) is 10.4. The van der Waals surface area contributed by atoms with E-state index in [2.05, 4.69) is 5.32 Å². The van der Waals surface area contributed by atoms with Crippen molar-refractivity contribution in [1.29, 1.82) is 0 Å². The Morgan fingerprint density at radius 1 is 1.32 bits per heavy atom. The maximum atomic E-state index is 11.6. The number of benzene rings is 1. The van der Waals surface area contributed by atoms with Gasteiger partial charge < -0.3 is 15.3 Å². The standard InChI is InChI=1S/C12H13ClN2O4/c1-7(16)15(2)6-11(17)14-10-4-8(12(18)19)3-9(13)5-10/h3-5H,6H2,1-2H3,(H,14,17)(H,18,19). The number of likely N-dealkylation sites (N-methyl/N-ethyl adjacent to an activating group) is 1. The van der Waals surface area contributed by atoms with Crippen molar-refractivity contribution in [2.75, 3.05) is 18.9 Å². The van der Waals surface area contributed by atoms with Gasteiger partial charge in [0.05, 0.1) is 12.1 Å². The largest absolute Gasteiger partial charge is 0.478 e. The third kappa shape index (κ3) is 4.59. The molecule has 0 heterocycles. The molecule has 1 aromatic carbocycles. The van der Waals surface area contributed by atoms with Crippen LogP contribution in [0.15, 0.2) is 18.2 Å². The summed E-state index contributed by atoms with van der Waals surface area (Å²) in [5.41, 5.74) is 0.245. The second kappa shape index (κ2) is 6.19. The van der Waals surface area contributed by atoms with Crippen LogP contribution in [0.4, 0.5) is 5.69 Å². The molecule has 0 saturated heterocycles. The van der Waals surface area contributed by atoms with Crippen molar-refractivity contribution < 1.29 is 19.5 Å². The van der Waals surface area contributed by atoms with Crippen LogP contribution in [0, 0.1) is 0 Å². The number of aromatic carboxylic acids is 1. The van der Waals surface area contributed by atoms with Gasteiger partial charge in [0.1, 0.15) is 0 Å². The molecule has 19 heavy (non-hydrogen) atoms. The van der Waals surface area contributed by atoms with E-state index in [1.165, 1.54) is 37.1 Å². The quantitative estimate of drug-likeness (QED) is 0.876. The van der Waals surface area contributed by atoms with Gasteiger partial charge in [-0.1, -0.05) is 11.6 Å². The Morgan fingerprint density at radius 2 is 1.95 bits per heavy atom. The molecule has 0 aliphatic rings. The number of carboxylic acids is 1. The summed E-state index contributed by atoms with van der Waals surface area (Å²) in [7, 11) is 1.49. The second-order valence-corrected chi connectivity index (χ2v) is 4.39. The first kappa shape index (κ1) is 15.0. The number of halogens is 1. The van der Waals surface area contributed by atoms with Crippen LogP contribution in [0.3, 0.4) is 0 Å². The zero-order valence-corrected chi connectivity index (χ0v) is 11.2. The summed E-state index contributed by atoms with van der Waals surface area (Å²) < 4.78 is 0. The van der Waals surface area contributed by atoms with Crippen molar-refractivity contribution in [3.8, 4) is 0 Å². The van der Waals surface area contributed by atoms with Gasteiger partial charge in [0.25, 0.3) is 0 Å². The fourth-order valence-corrected chi connectivity index (χ4v) is 1.55. The predicted molar refractivity (Wildman–Crippen MR) is 70.4 cm³/mol. The number of carbonyl (C=O) groups excluding carboxylic acids is 2. The molecular formula is C12H13ClN2O4. The molecule has 0 aromatic heterocycles. The number of nitrogens with one attached hydrogen (secondary N) is 1. The van der Waals surface area contributed by atoms with Crippen LogP contribution in [-0.2, 0) is 9.59 Å². The zero-order chi connectivity index (χ0) is 14.6. The maximum Gasteiger partial charge on any atom is 0.335 e. The van der Waals surface area contributed by atoms with E-state index < -0.39 is 11.9 Å². The highest BCUT2D eigenvalue weighted by Crippen LogP contribution is 2.19. The number of hydrogen-bond acceptors (Lipinski definition) is 3. The molecule has 0 spiro atoms. The lowest BCUT2D eigenvalue weighted by Crippen LogP contribution is -2.33. The average Bonchev–Trinajstić information content (AvgIpc) is 2.27. The fraction of sp³-hybridized carbons (Fsp3) is 0.250. The molecule has 102 valence electrons. The topological polar surface area (TPSA) is 86.7 Å². The number of hydrogen-bond donors (Lipinski definition) is 2. The first-order valence-electron chi connectivity index (χ1n) is 5.35. The summed E-state index contributed by atoms with van der Waals surface area (Å²) >= 11 is 5.75. The molecule has 7 heteroatoms. The van der Waals surface area contributed by atoms with Crippen molar-refractivity contribution in [3.63, 3.8) is 0 Å². The Morgan fingerprint density at radius 3 is 2.47 bits per heavy atom. The average molecular weight is 285 g/mol. The van der Waals surface area contributed by atoms with Gasteiger partial charge in [-0.05, 0) is 18.2 Å². The van der Waals surface area contributed by atoms with Crippen LogP contribution in [0.5, 0.6) is 0 Å². The molecule has 0 fully saturated rings. The van der Waals surface area contributed by atoms with Gasteiger partial charge >= 0.3 is 5.97 Å². The van der Waals surface area contributed by atoms with E-state index in [0.717, 1.165) is 0 Å². The van der Waals surface area contributed by atoms with Crippen molar-refractivity contribution in [3.05, 3.63) is 28.8 Å². The highest BCUT2D eigenvalue weighted by molar-refractivity contribution is 6.31. The summed E-state index contributed by atoms with van der Waals surface area (Å²) in [4.78, 5) is 34.7. The summed E-state index contributed by atoms with van der Waals surface area (Å²) in [6, 6.07) is 4.00. The Balaban J connectivity index is 2.79. The first-order valence-corrected chi connectivity index (χ1v) is 5.73. The van der Waals surface area contributed by atoms with E-state index in [0.29, 0.717) is 0 Å². The molecule has 0 atom stereocenters. The molecular weight excluding hydrogens is 272 g/mol. The molecule has 1 rings (SSSR count). The summed E-state index contributed by atoms with van der Waals surface area (Å²) in [6.07, 6.45) is 0. The van der Waals surface area contributed by atoms with Crippen LogP contribution in [0.2, 0.25) is 5.02 Å².